The molecule has 0 saturated carbocycles. The van der Waals surface area contributed by atoms with E-state index < -0.39 is 13.5 Å². The number of benzene rings is 1. The quantitative estimate of drug-likeness (QED) is 0.764. The molecule has 0 amide bonds. The summed E-state index contributed by atoms with van der Waals surface area (Å²) in [5, 5.41) is 0. The van der Waals surface area contributed by atoms with E-state index in [-0.39, 0.29) is 11.9 Å². The Balaban J connectivity index is 3.08. The molecule has 0 aliphatic heterocycles. The van der Waals surface area contributed by atoms with Gasteiger partial charge in [0, 0.05) is 0 Å². The van der Waals surface area contributed by atoms with Crippen LogP contribution in [0.15, 0.2) is 18.2 Å². The predicted octanol–water partition coefficient (Wildman–Crippen LogP) is 3.69. The summed E-state index contributed by atoms with van der Waals surface area (Å²) in [6, 6.07) is 4.32. The number of ether oxygens (including phenoxy) is 1. The van der Waals surface area contributed by atoms with Crippen LogP contribution in [0.4, 0.5) is 4.39 Å². The minimum absolute atomic E-state index is 0.0360. The number of hydrogen-bond donors (Lipinski definition) is 0. The molecular weight excluding hydrogens is 327 g/mol. The molecule has 1 aromatic carbocycles. The molecule has 0 aliphatic carbocycles. The fraction of sp³-hybridized carbons (Fsp3) is 0.300. The van der Waals surface area contributed by atoms with Gasteiger partial charge in [-0.15, -0.1) is 0 Å². The van der Waals surface area contributed by atoms with E-state index in [2.05, 4.69) is 0 Å². The first-order valence-corrected chi connectivity index (χ1v) is 9.76. The van der Waals surface area contributed by atoms with Gasteiger partial charge < -0.3 is 0 Å². The number of hydrogen-bond acceptors (Lipinski definition) is 1. The zero-order chi connectivity index (χ0) is 11.4. The molecule has 86 valence electrons. The monoisotopic (exact) mass is 338 g/mol. The Bertz CT molecular complexity index is 376. The van der Waals surface area contributed by atoms with Gasteiger partial charge in [-0.1, -0.05) is 0 Å². The Kier molecular flexibility index (Phi) is 5.18. The summed E-state index contributed by atoms with van der Waals surface area (Å²) in [6.07, 6.45) is 0.0360. The van der Waals surface area contributed by atoms with Crippen molar-refractivity contribution in [3.05, 3.63) is 29.6 Å². The van der Waals surface area contributed by atoms with Crippen LogP contribution in [-0.4, -0.2) is 10.7 Å². The molecular formula is C10H11Cl2FORu. The van der Waals surface area contributed by atoms with Gasteiger partial charge in [-0.25, -0.2) is 0 Å². The fourth-order valence-corrected chi connectivity index (χ4v) is 2.83. The SMILES string of the molecule is CC(C)Oc1ccc(F)cc1[CH]=[Ru]([Cl])[Cl]. The van der Waals surface area contributed by atoms with E-state index in [0.717, 1.165) is 0 Å². The summed E-state index contributed by atoms with van der Waals surface area (Å²) < 4.78 is 20.2. The molecule has 0 spiro atoms. The Morgan fingerprint density at radius 1 is 1.40 bits per heavy atom. The van der Waals surface area contributed by atoms with Crippen LogP contribution < -0.4 is 4.74 Å². The summed E-state index contributed by atoms with van der Waals surface area (Å²) >= 11 is -1.96. The minimum atomic E-state index is -1.96. The van der Waals surface area contributed by atoms with Crippen molar-refractivity contribution in [1.82, 2.24) is 0 Å². The van der Waals surface area contributed by atoms with E-state index in [4.69, 9.17) is 24.1 Å². The van der Waals surface area contributed by atoms with Gasteiger partial charge in [0.25, 0.3) is 0 Å². The van der Waals surface area contributed by atoms with Gasteiger partial charge in [0.2, 0.25) is 0 Å². The van der Waals surface area contributed by atoms with Crippen LogP contribution in [0.25, 0.3) is 0 Å². The molecule has 0 N–H and O–H groups in total. The van der Waals surface area contributed by atoms with Gasteiger partial charge in [-0.3, -0.25) is 0 Å². The van der Waals surface area contributed by atoms with E-state index >= 15 is 0 Å². The maximum atomic E-state index is 13.0. The van der Waals surface area contributed by atoms with Crippen molar-refractivity contribution >= 4 is 24.0 Å². The van der Waals surface area contributed by atoms with Crippen LogP contribution in [-0.2, 0) is 13.5 Å². The first-order chi connectivity index (χ1) is 6.99. The van der Waals surface area contributed by atoms with E-state index in [1.807, 2.05) is 13.8 Å². The summed E-state index contributed by atoms with van der Waals surface area (Å²) in [5.74, 6) is 0.299. The molecule has 0 aromatic heterocycles. The van der Waals surface area contributed by atoms with Crippen LogP contribution in [0.1, 0.15) is 19.4 Å². The molecule has 15 heavy (non-hydrogen) atoms. The Morgan fingerprint density at radius 3 is 2.60 bits per heavy atom. The predicted molar refractivity (Wildman–Crippen MR) is 59.0 cm³/mol. The molecule has 0 aliphatic rings. The Hall–Kier alpha value is 0.0234. The maximum absolute atomic E-state index is 13.0. The Morgan fingerprint density at radius 2 is 2.07 bits per heavy atom. The van der Waals surface area contributed by atoms with Gasteiger partial charge in [-0.2, -0.15) is 0 Å². The molecule has 0 saturated heterocycles. The van der Waals surface area contributed by atoms with Crippen LogP contribution in [0.5, 0.6) is 5.75 Å². The van der Waals surface area contributed by atoms with Crippen molar-refractivity contribution in [3.8, 4) is 5.75 Å². The second kappa shape index (κ2) is 5.93. The van der Waals surface area contributed by atoms with Crippen molar-refractivity contribution in [3.63, 3.8) is 0 Å². The molecule has 1 aromatic rings. The molecule has 1 rings (SSSR count). The van der Waals surface area contributed by atoms with Gasteiger partial charge >= 0.3 is 102 Å². The van der Waals surface area contributed by atoms with Crippen LogP contribution in [0.3, 0.4) is 0 Å². The first-order valence-electron chi connectivity index (χ1n) is 4.28. The van der Waals surface area contributed by atoms with Crippen LogP contribution in [0.2, 0.25) is 0 Å². The Labute approximate surface area is 102 Å². The standard InChI is InChI=1S/C10H11FO.2ClH.Ru/c1-7(2)12-10-5-4-9(11)6-8(10)3;;;/h3-7H,1-2H3;2*1H;/q;;;+2/p-2. The summed E-state index contributed by atoms with van der Waals surface area (Å²) in [6.45, 7) is 3.81. The first kappa shape index (κ1) is 13.1. The molecule has 0 atom stereocenters. The van der Waals surface area contributed by atoms with Gasteiger partial charge in [0.15, 0.2) is 0 Å². The summed E-state index contributed by atoms with van der Waals surface area (Å²) in [4.78, 5) is 0. The van der Waals surface area contributed by atoms with E-state index in [1.54, 1.807) is 10.7 Å². The zero-order valence-corrected chi connectivity index (χ0v) is 11.5. The number of rotatable bonds is 3. The molecule has 0 unspecified atom stereocenters. The fourth-order valence-electron chi connectivity index (χ4n) is 1.04. The molecule has 0 heterocycles. The van der Waals surface area contributed by atoms with Crippen LogP contribution >= 0.6 is 19.4 Å². The third-order valence-corrected chi connectivity index (χ3v) is 3.35. The second-order valence-corrected chi connectivity index (χ2v) is 8.88. The van der Waals surface area contributed by atoms with E-state index in [1.165, 1.54) is 12.1 Å². The van der Waals surface area contributed by atoms with Crippen molar-refractivity contribution in [2.45, 2.75) is 20.0 Å². The molecule has 0 radical (unpaired) electrons. The summed E-state index contributed by atoms with van der Waals surface area (Å²) in [7, 11) is 11.5. The second-order valence-electron chi connectivity index (χ2n) is 3.16. The van der Waals surface area contributed by atoms with Crippen molar-refractivity contribution in [2.75, 3.05) is 0 Å². The molecule has 0 bridgehead atoms. The number of halogens is 3. The van der Waals surface area contributed by atoms with Gasteiger partial charge in [0.05, 0.1) is 0 Å². The van der Waals surface area contributed by atoms with Gasteiger partial charge in [-0.05, 0) is 0 Å². The third-order valence-electron chi connectivity index (χ3n) is 1.52. The average Bonchev–Trinajstić information content (AvgIpc) is 2.08. The van der Waals surface area contributed by atoms with Crippen molar-refractivity contribution in [2.24, 2.45) is 0 Å². The average molecular weight is 338 g/mol. The van der Waals surface area contributed by atoms with E-state index in [0.29, 0.717) is 11.3 Å². The van der Waals surface area contributed by atoms with Crippen LogP contribution in [0, 0.1) is 5.82 Å². The molecule has 0 fully saturated rings. The zero-order valence-electron chi connectivity index (χ0n) is 8.28. The topological polar surface area (TPSA) is 9.23 Å². The van der Waals surface area contributed by atoms with E-state index in [9.17, 15) is 4.39 Å². The van der Waals surface area contributed by atoms with Crippen molar-refractivity contribution in [1.29, 1.82) is 0 Å². The molecule has 5 heteroatoms. The van der Waals surface area contributed by atoms with Gasteiger partial charge in [0.1, 0.15) is 0 Å². The van der Waals surface area contributed by atoms with Crippen molar-refractivity contribution < 1.29 is 22.6 Å². The third kappa shape index (κ3) is 4.59. The normalized spacial score (nSPS) is 11.5. The molecule has 1 nitrogen and oxygen atoms in total. The summed E-state index contributed by atoms with van der Waals surface area (Å²) in [5.41, 5.74) is 0.632.